The van der Waals surface area contributed by atoms with Gasteiger partial charge >= 0.3 is 11.5 Å². The van der Waals surface area contributed by atoms with Gasteiger partial charge in [0.25, 0.3) is 5.91 Å². The quantitative estimate of drug-likeness (QED) is 0.618. The van der Waals surface area contributed by atoms with Crippen LogP contribution in [0.5, 0.6) is 0 Å². The molecule has 0 saturated heterocycles. The van der Waals surface area contributed by atoms with Crippen LogP contribution in [0.2, 0.25) is 0 Å². The van der Waals surface area contributed by atoms with Crippen molar-refractivity contribution in [3.63, 3.8) is 0 Å². The molecule has 21 heavy (non-hydrogen) atoms. The molecule has 0 aromatic heterocycles. The summed E-state index contributed by atoms with van der Waals surface area (Å²) in [7, 11) is 2.64. The van der Waals surface area contributed by atoms with Crippen molar-refractivity contribution in [2.45, 2.75) is 16.8 Å². The third-order valence-electron chi connectivity index (χ3n) is 2.57. The van der Waals surface area contributed by atoms with E-state index in [4.69, 9.17) is 0 Å². The molecule has 0 saturated carbocycles. The molecule has 4 nitrogen and oxygen atoms in total. The lowest BCUT2D eigenvalue weighted by Gasteiger charge is -2.18. The fourth-order valence-corrected chi connectivity index (χ4v) is 2.19. The maximum Gasteiger partial charge on any atom is 0.446 e. The number of carbonyl (C=O) groups is 2. The molecule has 0 aliphatic rings. The third-order valence-corrected chi connectivity index (χ3v) is 3.38. The summed E-state index contributed by atoms with van der Waals surface area (Å²) in [6, 6.07) is 5.48. The Labute approximate surface area is 124 Å². The van der Waals surface area contributed by atoms with E-state index in [0.717, 1.165) is 0 Å². The van der Waals surface area contributed by atoms with E-state index in [1.165, 1.54) is 43.3 Å². The van der Waals surface area contributed by atoms with Gasteiger partial charge in [0, 0.05) is 18.5 Å². The highest BCUT2D eigenvalue weighted by atomic mass is 32.2. The van der Waals surface area contributed by atoms with E-state index in [-0.39, 0.29) is 35.2 Å². The van der Waals surface area contributed by atoms with Crippen LogP contribution >= 0.6 is 11.8 Å². The van der Waals surface area contributed by atoms with Crippen LogP contribution < -0.4 is 0 Å². The molecule has 0 fully saturated rings. The molecule has 1 aromatic rings. The molecule has 116 valence electrons. The number of nitrogens with zero attached hydrogens (tertiary/aromatic N) is 1. The Morgan fingerprint density at radius 2 is 1.90 bits per heavy atom. The Morgan fingerprint density at radius 3 is 2.48 bits per heavy atom. The fraction of sp³-hybridized carbons (Fsp3) is 0.385. The zero-order chi connectivity index (χ0) is 16.0. The number of carbonyl (C=O) groups excluding carboxylic acids is 2. The van der Waals surface area contributed by atoms with E-state index >= 15 is 0 Å². The van der Waals surface area contributed by atoms with E-state index in [0.29, 0.717) is 0 Å². The minimum absolute atomic E-state index is 0.0205. The number of hydrogen-bond acceptors (Lipinski definition) is 4. The SMILES string of the molecule is COC(=O)CCN(C)C(=O)c1ccccc1SC(F)(F)F. The van der Waals surface area contributed by atoms with Crippen LogP contribution in [0, 0.1) is 0 Å². The molecule has 8 heteroatoms. The van der Waals surface area contributed by atoms with Crippen molar-refractivity contribution in [1.82, 2.24) is 4.90 Å². The van der Waals surface area contributed by atoms with Gasteiger partial charge in [-0.05, 0) is 23.9 Å². The second kappa shape index (κ2) is 7.35. The van der Waals surface area contributed by atoms with E-state index in [2.05, 4.69) is 4.74 Å². The Balaban J connectivity index is 2.84. The van der Waals surface area contributed by atoms with Crippen LogP contribution in [0.1, 0.15) is 16.8 Å². The first-order valence-electron chi connectivity index (χ1n) is 5.91. The molecule has 0 radical (unpaired) electrons. The number of rotatable bonds is 5. The number of amides is 1. The number of thioether (sulfide) groups is 1. The predicted octanol–water partition coefficient (Wildman–Crippen LogP) is 2.93. The second-order valence-corrected chi connectivity index (χ2v) is 5.20. The maximum atomic E-state index is 12.5. The first-order valence-corrected chi connectivity index (χ1v) is 6.73. The van der Waals surface area contributed by atoms with Gasteiger partial charge in [-0.25, -0.2) is 0 Å². The highest BCUT2D eigenvalue weighted by Crippen LogP contribution is 2.38. The zero-order valence-corrected chi connectivity index (χ0v) is 12.3. The topological polar surface area (TPSA) is 46.6 Å². The average molecular weight is 321 g/mol. The van der Waals surface area contributed by atoms with E-state index in [1.807, 2.05) is 0 Å². The van der Waals surface area contributed by atoms with Gasteiger partial charge < -0.3 is 9.64 Å². The standard InChI is InChI=1S/C13H14F3NO3S/c1-17(8-7-11(18)20-2)12(19)9-5-3-4-6-10(9)21-13(14,15)16/h3-6H,7-8H2,1-2H3. The van der Waals surface area contributed by atoms with Crippen LogP contribution in [0.25, 0.3) is 0 Å². The number of hydrogen-bond donors (Lipinski definition) is 0. The van der Waals surface area contributed by atoms with Gasteiger partial charge in [0.15, 0.2) is 0 Å². The van der Waals surface area contributed by atoms with Crippen LogP contribution in [-0.4, -0.2) is 43.0 Å². The lowest BCUT2D eigenvalue weighted by molar-refractivity contribution is -0.140. The zero-order valence-electron chi connectivity index (χ0n) is 11.4. The summed E-state index contributed by atoms with van der Waals surface area (Å²) in [5.74, 6) is -1.07. The van der Waals surface area contributed by atoms with Crippen LogP contribution in [0.4, 0.5) is 13.2 Å². The van der Waals surface area contributed by atoms with Gasteiger partial charge in [-0.15, -0.1) is 0 Å². The summed E-state index contributed by atoms with van der Waals surface area (Å²) in [4.78, 5) is 24.2. The van der Waals surface area contributed by atoms with Crippen molar-refractivity contribution in [3.05, 3.63) is 29.8 Å². The lowest BCUT2D eigenvalue weighted by Crippen LogP contribution is -2.29. The molecule has 0 N–H and O–H groups in total. The number of esters is 1. The highest BCUT2D eigenvalue weighted by Gasteiger charge is 2.31. The van der Waals surface area contributed by atoms with Crippen molar-refractivity contribution in [2.24, 2.45) is 0 Å². The monoisotopic (exact) mass is 321 g/mol. The smallest absolute Gasteiger partial charge is 0.446 e. The summed E-state index contributed by atoms with van der Waals surface area (Å²) in [5, 5.41) is 0. The summed E-state index contributed by atoms with van der Waals surface area (Å²) >= 11 is -0.337. The number of halogens is 3. The molecule has 0 unspecified atom stereocenters. The van der Waals surface area contributed by atoms with E-state index in [1.54, 1.807) is 0 Å². The van der Waals surface area contributed by atoms with Crippen LogP contribution in [0.3, 0.4) is 0 Å². The number of ether oxygens (including phenoxy) is 1. The number of methoxy groups -OCH3 is 1. The van der Waals surface area contributed by atoms with Gasteiger partial charge in [0.2, 0.25) is 0 Å². The maximum absolute atomic E-state index is 12.5. The molecule has 1 aromatic carbocycles. The Kier molecular flexibility index (Phi) is 6.07. The molecule has 0 bridgehead atoms. The van der Waals surface area contributed by atoms with Crippen molar-refractivity contribution in [3.8, 4) is 0 Å². The van der Waals surface area contributed by atoms with Crippen molar-refractivity contribution < 1.29 is 27.5 Å². The Morgan fingerprint density at radius 1 is 1.29 bits per heavy atom. The van der Waals surface area contributed by atoms with Gasteiger partial charge in [0.1, 0.15) is 0 Å². The van der Waals surface area contributed by atoms with Gasteiger partial charge in [-0.2, -0.15) is 13.2 Å². The van der Waals surface area contributed by atoms with Crippen molar-refractivity contribution >= 4 is 23.6 Å². The first-order chi connectivity index (χ1) is 9.74. The predicted molar refractivity (Wildman–Crippen MR) is 71.9 cm³/mol. The first kappa shape index (κ1) is 17.4. The highest BCUT2D eigenvalue weighted by molar-refractivity contribution is 8.00. The van der Waals surface area contributed by atoms with Gasteiger partial charge in [0.05, 0.1) is 19.1 Å². The summed E-state index contributed by atoms with van der Waals surface area (Å²) in [6.07, 6.45) is -0.0205. The largest absolute Gasteiger partial charge is 0.469 e. The van der Waals surface area contributed by atoms with Crippen LogP contribution in [-0.2, 0) is 9.53 Å². The van der Waals surface area contributed by atoms with Crippen molar-refractivity contribution in [2.75, 3.05) is 20.7 Å². The minimum atomic E-state index is -4.47. The molecule has 1 rings (SSSR count). The summed E-state index contributed by atoms with van der Waals surface area (Å²) in [6.45, 7) is 0.0660. The lowest BCUT2D eigenvalue weighted by atomic mass is 10.2. The minimum Gasteiger partial charge on any atom is -0.469 e. The number of benzene rings is 1. The normalized spacial score (nSPS) is 11.1. The number of alkyl halides is 3. The van der Waals surface area contributed by atoms with Gasteiger partial charge in [-0.1, -0.05) is 12.1 Å². The fourth-order valence-electron chi connectivity index (χ4n) is 1.53. The Bertz CT molecular complexity index is 520. The molecule has 0 spiro atoms. The molecular weight excluding hydrogens is 307 g/mol. The molecule has 0 atom stereocenters. The molecule has 0 heterocycles. The molecule has 0 aliphatic heterocycles. The van der Waals surface area contributed by atoms with Crippen LogP contribution in [0.15, 0.2) is 29.2 Å². The summed E-state index contributed by atoms with van der Waals surface area (Å²) < 4.78 is 41.8. The Hall–Kier alpha value is -1.70. The molecular formula is C13H14F3NO3S. The second-order valence-electron chi connectivity index (χ2n) is 4.10. The van der Waals surface area contributed by atoms with Gasteiger partial charge in [-0.3, -0.25) is 9.59 Å². The van der Waals surface area contributed by atoms with E-state index < -0.39 is 17.4 Å². The molecule has 0 aliphatic carbocycles. The third kappa shape index (κ3) is 5.66. The van der Waals surface area contributed by atoms with Crippen molar-refractivity contribution in [1.29, 1.82) is 0 Å². The average Bonchev–Trinajstić information content (AvgIpc) is 2.42. The summed E-state index contributed by atoms with van der Waals surface area (Å²) in [5.41, 5.74) is -4.52. The molecule has 1 amide bonds. The van der Waals surface area contributed by atoms with E-state index in [9.17, 15) is 22.8 Å².